The molecule has 0 spiro atoms. The Bertz CT molecular complexity index is 580. The molecule has 1 unspecified atom stereocenters. The molecule has 1 saturated heterocycles. The van der Waals surface area contributed by atoms with E-state index in [9.17, 15) is 5.11 Å². The lowest BCUT2D eigenvalue weighted by Gasteiger charge is -2.35. The van der Waals surface area contributed by atoms with Crippen LogP contribution >= 0.6 is 0 Å². The van der Waals surface area contributed by atoms with Crippen molar-refractivity contribution in [2.75, 3.05) is 26.2 Å². The molecule has 1 aromatic heterocycles. The van der Waals surface area contributed by atoms with Gasteiger partial charge in [0.25, 0.3) is 0 Å². The van der Waals surface area contributed by atoms with Gasteiger partial charge in [-0.15, -0.1) is 0 Å². The summed E-state index contributed by atoms with van der Waals surface area (Å²) in [6.45, 7) is 6.07. The highest BCUT2D eigenvalue weighted by Crippen LogP contribution is 2.27. The Morgan fingerprint density at radius 3 is 2.77 bits per heavy atom. The molecule has 1 aliphatic rings. The van der Waals surface area contributed by atoms with Crippen LogP contribution in [0.2, 0.25) is 0 Å². The number of hydrogen-bond acceptors (Lipinski definition) is 2. The molecular formula is C19H28N2O. The third-order valence-corrected chi connectivity index (χ3v) is 5.43. The zero-order valence-electron chi connectivity index (χ0n) is 13.6. The van der Waals surface area contributed by atoms with Crippen molar-refractivity contribution in [2.24, 2.45) is 11.8 Å². The smallest absolute Gasteiger partial charge is 0.0461 e. The van der Waals surface area contributed by atoms with Crippen molar-refractivity contribution in [1.29, 1.82) is 0 Å². The summed E-state index contributed by atoms with van der Waals surface area (Å²) in [5, 5.41) is 10.8. The van der Waals surface area contributed by atoms with Gasteiger partial charge >= 0.3 is 0 Å². The van der Waals surface area contributed by atoms with E-state index in [0.717, 1.165) is 25.3 Å². The normalized spacial score (nSPS) is 18.8. The second kappa shape index (κ2) is 7.30. The summed E-state index contributed by atoms with van der Waals surface area (Å²) in [7, 11) is 0. The zero-order valence-corrected chi connectivity index (χ0v) is 13.6. The number of aromatic amines is 1. The summed E-state index contributed by atoms with van der Waals surface area (Å²) in [6.07, 6.45) is 6.87. The highest BCUT2D eigenvalue weighted by Gasteiger charge is 2.24. The van der Waals surface area contributed by atoms with Crippen LogP contribution in [0.4, 0.5) is 0 Å². The van der Waals surface area contributed by atoms with Gasteiger partial charge in [0.2, 0.25) is 0 Å². The van der Waals surface area contributed by atoms with Crippen molar-refractivity contribution >= 4 is 10.9 Å². The number of likely N-dealkylation sites (tertiary alicyclic amines) is 1. The van der Waals surface area contributed by atoms with E-state index in [2.05, 4.69) is 47.3 Å². The third-order valence-electron chi connectivity index (χ3n) is 5.43. The number of hydrogen-bond donors (Lipinski definition) is 2. The molecule has 3 nitrogen and oxygen atoms in total. The molecule has 0 saturated carbocycles. The Morgan fingerprint density at radius 1 is 1.27 bits per heavy atom. The minimum Gasteiger partial charge on any atom is -0.396 e. The molecule has 22 heavy (non-hydrogen) atoms. The molecule has 3 heteroatoms. The number of aliphatic hydroxyl groups excluding tert-OH is 1. The van der Waals surface area contributed by atoms with Crippen LogP contribution in [0.3, 0.4) is 0 Å². The fraction of sp³-hybridized carbons (Fsp3) is 0.579. The molecular weight excluding hydrogens is 272 g/mol. The predicted octanol–water partition coefficient (Wildman–Crippen LogP) is 3.44. The second-order valence-electron chi connectivity index (χ2n) is 6.64. The SMILES string of the molecule is CCC(CO)C1CCN(CCc2c[nH]c3ccccc23)CC1. The fourth-order valence-electron chi connectivity index (χ4n) is 3.88. The molecule has 1 aromatic carbocycles. The topological polar surface area (TPSA) is 39.3 Å². The Kier molecular flexibility index (Phi) is 5.16. The molecule has 120 valence electrons. The van der Waals surface area contributed by atoms with Crippen LogP contribution in [0.5, 0.6) is 0 Å². The maximum absolute atomic E-state index is 9.46. The minimum atomic E-state index is 0.358. The maximum atomic E-state index is 9.46. The summed E-state index contributed by atoms with van der Waals surface area (Å²) in [6, 6.07) is 8.55. The molecule has 1 fully saturated rings. The van der Waals surface area contributed by atoms with Crippen LogP contribution in [0.25, 0.3) is 10.9 Å². The number of fused-ring (bicyclic) bond motifs is 1. The van der Waals surface area contributed by atoms with E-state index in [1.54, 1.807) is 0 Å². The van der Waals surface area contributed by atoms with Gasteiger partial charge in [-0.3, -0.25) is 0 Å². The molecule has 0 aliphatic carbocycles. The Morgan fingerprint density at radius 2 is 2.05 bits per heavy atom. The number of rotatable bonds is 6. The number of benzene rings is 1. The molecule has 3 rings (SSSR count). The van der Waals surface area contributed by atoms with Crippen molar-refractivity contribution in [2.45, 2.75) is 32.6 Å². The standard InChI is InChI=1S/C19H28N2O/c1-2-15(14-22)16-7-10-21(11-8-16)12-9-17-13-20-19-6-4-3-5-18(17)19/h3-6,13,15-16,20,22H,2,7-12,14H2,1H3. The van der Waals surface area contributed by atoms with E-state index in [1.165, 1.54) is 42.4 Å². The zero-order chi connectivity index (χ0) is 15.4. The molecule has 0 bridgehead atoms. The van der Waals surface area contributed by atoms with Gasteiger partial charge in [-0.25, -0.2) is 0 Å². The monoisotopic (exact) mass is 300 g/mol. The molecule has 2 N–H and O–H groups in total. The van der Waals surface area contributed by atoms with Gasteiger partial charge in [0.05, 0.1) is 0 Å². The molecule has 2 aromatic rings. The highest BCUT2D eigenvalue weighted by molar-refractivity contribution is 5.83. The van der Waals surface area contributed by atoms with Gasteiger partial charge < -0.3 is 15.0 Å². The Hall–Kier alpha value is -1.32. The highest BCUT2D eigenvalue weighted by atomic mass is 16.3. The average Bonchev–Trinajstić information content (AvgIpc) is 2.98. The second-order valence-corrected chi connectivity index (χ2v) is 6.64. The summed E-state index contributed by atoms with van der Waals surface area (Å²) in [4.78, 5) is 5.95. The van der Waals surface area contributed by atoms with Crippen LogP contribution in [0.15, 0.2) is 30.5 Å². The largest absolute Gasteiger partial charge is 0.396 e. The molecule has 0 amide bonds. The van der Waals surface area contributed by atoms with Crippen molar-refractivity contribution in [3.63, 3.8) is 0 Å². The van der Waals surface area contributed by atoms with Crippen LogP contribution in [-0.2, 0) is 6.42 Å². The third kappa shape index (κ3) is 3.36. The van der Waals surface area contributed by atoms with Crippen LogP contribution < -0.4 is 0 Å². The van der Waals surface area contributed by atoms with Gasteiger partial charge in [-0.2, -0.15) is 0 Å². The minimum absolute atomic E-state index is 0.358. The van der Waals surface area contributed by atoms with Crippen molar-refractivity contribution in [3.8, 4) is 0 Å². The summed E-state index contributed by atoms with van der Waals surface area (Å²) in [5.41, 5.74) is 2.67. The van der Waals surface area contributed by atoms with Gasteiger partial charge in [-0.1, -0.05) is 31.5 Å². The number of aliphatic hydroxyl groups is 1. The number of piperidine rings is 1. The number of nitrogens with one attached hydrogen (secondary N) is 1. The van der Waals surface area contributed by atoms with E-state index < -0.39 is 0 Å². The maximum Gasteiger partial charge on any atom is 0.0461 e. The van der Waals surface area contributed by atoms with Gasteiger partial charge in [0.1, 0.15) is 0 Å². The quantitative estimate of drug-likeness (QED) is 0.858. The first-order valence-corrected chi connectivity index (χ1v) is 8.70. The molecule has 1 atom stereocenters. The van der Waals surface area contributed by atoms with Crippen LogP contribution in [0, 0.1) is 11.8 Å². The predicted molar refractivity (Wildman–Crippen MR) is 92.0 cm³/mol. The Balaban J connectivity index is 1.51. The first-order chi connectivity index (χ1) is 10.8. The van der Waals surface area contributed by atoms with E-state index in [4.69, 9.17) is 0 Å². The van der Waals surface area contributed by atoms with Crippen molar-refractivity contribution in [1.82, 2.24) is 9.88 Å². The van der Waals surface area contributed by atoms with Crippen molar-refractivity contribution < 1.29 is 5.11 Å². The van der Waals surface area contributed by atoms with Gasteiger partial charge in [0, 0.05) is 30.3 Å². The summed E-state index contributed by atoms with van der Waals surface area (Å²) >= 11 is 0. The van der Waals surface area contributed by atoms with E-state index in [0.29, 0.717) is 12.5 Å². The summed E-state index contributed by atoms with van der Waals surface area (Å²) in [5.74, 6) is 1.23. The molecule has 2 heterocycles. The lowest BCUT2D eigenvalue weighted by molar-refractivity contribution is 0.105. The van der Waals surface area contributed by atoms with Gasteiger partial charge in [-0.05, 0) is 55.8 Å². The van der Waals surface area contributed by atoms with Gasteiger partial charge in [0.15, 0.2) is 0 Å². The van der Waals surface area contributed by atoms with E-state index in [1.807, 2.05) is 0 Å². The number of aromatic nitrogens is 1. The average molecular weight is 300 g/mol. The van der Waals surface area contributed by atoms with E-state index in [-0.39, 0.29) is 0 Å². The number of H-pyrrole nitrogens is 1. The van der Waals surface area contributed by atoms with Crippen LogP contribution in [-0.4, -0.2) is 41.2 Å². The van der Waals surface area contributed by atoms with Crippen molar-refractivity contribution in [3.05, 3.63) is 36.0 Å². The van der Waals surface area contributed by atoms with Crippen LogP contribution in [0.1, 0.15) is 31.7 Å². The first-order valence-electron chi connectivity index (χ1n) is 8.70. The molecule has 1 aliphatic heterocycles. The lowest BCUT2D eigenvalue weighted by atomic mass is 9.83. The lowest BCUT2D eigenvalue weighted by Crippen LogP contribution is -2.37. The Labute approximate surface area is 133 Å². The van der Waals surface area contributed by atoms with E-state index >= 15 is 0 Å². The first kappa shape index (κ1) is 15.6. The fourth-order valence-corrected chi connectivity index (χ4v) is 3.88. The molecule has 0 radical (unpaired) electrons. The number of nitrogens with zero attached hydrogens (tertiary/aromatic N) is 1. The summed E-state index contributed by atoms with van der Waals surface area (Å²) < 4.78 is 0. The number of para-hydroxylation sites is 1.